The van der Waals surface area contributed by atoms with E-state index in [0.29, 0.717) is 10.8 Å². The van der Waals surface area contributed by atoms with E-state index in [1.54, 1.807) is 0 Å². The molecule has 0 heterocycles. The molecule has 31 heavy (non-hydrogen) atoms. The van der Waals surface area contributed by atoms with Crippen LogP contribution in [0.1, 0.15) is 97.8 Å². The maximum absolute atomic E-state index is 5.86. The highest BCUT2D eigenvalue weighted by Crippen LogP contribution is 2.69. The van der Waals surface area contributed by atoms with Gasteiger partial charge in [0.25, 0.3) is 0 Å². The molecule has 0 aromatic carbocycles. The average Bonchev–Trinajstić information content (AvgIpc) is 3.12. The van der Waals surface area contributed by atoms with Gasteiger partial charge in [0.15, 0.2) is 0 Å². The van der Waals surface area contributed by atoms with Crippen LogP contribution in [-0.4, -0.2) is 13.1 Å². The van der Waals surface area contributed by atoms with E-state index >= 15 is 0 Å². The summed E-state index contributed by atoms with van der Waals surface area (Å²) in [4.78, 5) is 0. The molecule has 4 saturated carbocycles. The van der Waals surface area contributed by atoms with E-state index in [4.69, 9.17) is 11.5 Å². The van der Waals surface area contributed by atoms with Crippen molar-refractivity contribution in [3.8, 4) is 0 Å². The van der Waals surface area contributed by atoms with Crippen molar-refractivity contribution in [3.63, 3.8) is 0 Å². The highest BCUT2D eigenvalue weighted by atomic mass is 14.7. The van der Waals surface area contributed by atoms with Gasteiger partial charge >= 0.3 is 0 Å². The molecule has 2 heteroatoms. The number of nitrogens with two attached hydrogens (primary N) is 2. The van der Waals surface area contributed by atoms with Crippen molar-refractivity contribution >= 4 is 0 Å². The van der Waals surface area contributed by atoms with Gasteiger partial charge in [-0.05, 0) is 148 Å². The topological polar surface area (TPSA) is 52.0 Å². The zero-order chi connectivity index (χ0) is 22.2. The summed E-state index contributed by atoms with van der Waals surface area (Å²) >= 11 is 0. The molecule has 0 amide bonds. The zero-order valence-corrected chi connectivity index (χ0v) is 21.0. The minimum Gasteiger partial charge on any atom is -0.330 e. The highest BCUT2D eigenvalue weighted by Gasteiger charge is 2.61. The summed E-state index contributed by atoms with van der Waals surface area (Å²) in [6.07, 6.45) is 19.2. The fraction of sp³-hybridized carbons (Fsp3) is 0.931. The van der Waals surface area contributed by atoms with E-state index in [0.717, 1.165) is 60.4 Å². The van der Waals surface area contributed by atoms with Crippen LogP contribution >= 0.6 is 0 Å². The molecule has 6 unspecified atom stereocenters. The van der Waals surface area contributed by atoms with Gasteiger partial charge in [-0.3, -0.25) is 0 Å². The maximum Gasteiger partial charge on any atom is -0.00772 e. The van der Waals surface area contributed by atoms with Crippen molar-refractivity contribution in [2.75, 3.05) is 13.1 Å². The largest absolute Gasteiger partial charge is 0.330 e. The van der Waals surface area contributed by atoms with Crippen LogP contribution in [-0.2, 0) is 0 Å². The summed E-state index contributed by atoms with van der Waals surface area (Å²) in [6, 6.07) is 0. The van der Waals surface area contributed by atoms with E-state index in [-0.39, 0.29) is 0 Å². The molecule has 10 atom stereocenters. The van der Waals surface area contributed by atoms with Crippen molar-refractivity contribution < 1.29 is 0 Å². The van der Waals surface area contributed by atoms with E-state index in [2.05, 4.69) is 33.4 Å². The smallest absolute Gasteiger partial charge is 0.00772 e. The predicted molar refractivity (Wildman–Crippen MR) is 134 cm³/mol. The summed E-state index contributed by atoms with van der Waals surface area (Å²) in [5, 5.41) is 0. The van der Waals surface area contributed by atoms with Crippen LogP contribution in [0, 0.1) is 58.2 Å². The number of rotatable bonds is 8. The molecule has 0 radical (unpaired) electrons. The summed E-state index contributed by atoms with van der Waals surface area (Å²) in [5.41, 5.74) is 12.8. The Bertz CT molecular complexity index is 616. The van der Waals surface area contributed by atoms with Gasteiger partial charge in [0, 0.05) is 0 Å². The molecule has 0 aliphatic heterocycles. The standard InChI is InChI=1S/C29H52N2/c1-5-22-19-23-25-11-10-24(20(2)8-6-16-30)28(25,3)15-13-26(23)29(4)14-12-21(9-7-17-31)18-27(22)29/h5,20-27H,1,6-19,30-31H2,2-4H3/t20?,21?,22-,23?,24-,25?,26?,27?,28-,29-/m1/s1. The molecular weight excluding hydrogens is 376 g/mol. The lowest BCUT2D eigenvalue weighted by atomic mass is 9.42. The predicted octanol–water partition coefficient (Wildman–Crippen LogP) is 6.79. The van der Waals surface area contributed by atoms with E-state index < -0.39 is 0 Å². The first-order valence-electron chi connectivity index (χ1n) is 13.9. The zero-order valence-electron chi connectivity index (χ0n) is 21.0. The molecule has 4 aliphatic rings. The van der Waals surface area contributed by atoms with Crippen LogP contribution in [0.3, 0.4) is 0 Å². The van der Waals surface area contributed by atoms with Crippen molar-refractivity contribution in [2.24, 2.45) is 69.6 Å². The van der Waals surface area contributed by atoms with Crippen molar-refractivity contribution in [1.82, 2.24) is 0 Å². The second kappa shape index (κ2) is 9.49. The molecule has 0 aromatic rings. The molecule has 4 rings (SSSR count). The Labute approximate surface area is 193 Å². The van der Waals surface area contributed by atoms with Gasteiger partial charge in [0.05, 0.1) is 0 Å². The summed E-state index contributed by atoms with van der Waals surface area (Å²) in [7, 11) is 0. The summed E-state index contributed by atoms with van der Waals surface area (Å²) in [6.45, 7) is 14.0. The van der Waals surface area contributed by atoms with Gasteiger partial charge < -0.3 is 11.5 Å². The monoisotopic (exact) mass is 428 g/mol. The second-order valence-corrected chi connectivity index (χ2v) is 12.8. The van der Waals surface area contributed by atoms with Gasteiger partial charge in [-0.15, -0.1) is 6.58 Å². The summed E-state index contributed by atoms with van der Waals surface area (Å²) < 4.78 is 0. The molecule has 0 bridgehead atoms. The number of fused-ring (bicyclic) bond motifs is 5. The van der Waals surface area contributed by atoms with Crippen LogP contribution < -0.4 is 11.5 Å². The molecule has 2 nitrogen and oxygen atoms in total. The van der Waals surface area contributed by atoms with Gasteiger partial charge in [0.2, 0.25) is 0 Å². The number of hydrogen-bond donors (Lipinski definition) is 2. The molecular formula is C29H52N2. The van der Waals surface area contributed by atoms with Crippen LogP contribution in [0.4, 0.5) is 0 Å². The van der Waals surface area contributed by atoms with Crippen LogP contribution in [0.5, 0.6) is 0 Å². The van der Waals surface area contributed by atoms with Gasteiger partial charge in [0.1, 0.15) is 0 Å². The fourth-order valence-corrected chi connectivity index (χ4v) is 10.0. The van der Waals surface area contributed by atoms with Gasteiger partial charge in [-0.2, -0.15) is 0 Å². The van der Waals surface area contributed by atoms with Crippen molar-refractivity contribution in [3.05, 3.63) is 12.7 Å². The van der Waals surface area contributed by atoms with E-state index in [1.807, 2.05) is 0 Å². The Balaban J connectivity index is 1.54. The Morgan fingerprint density at radius 3 is 2.32 bits per heavy atom. The fourth-order valence-electron chi connectivity index (χ4n) is 10.0. The lowest BCUT2D eigenvalue weighted by Crippen LogP contribution is -2.56. The van der Waals surface area contributed by atoms with Crippen LogP contribution in [0.25, 0.3) is 0 Å². The first-order valence-corrected chi connectivity index (χ1v) is 13.9. The SMILES string of the molecule is C=C[C@@H]1CC2C(CC[C@@]3(C)C2CC[C@@H]3C(C)CCCN)[C@@]2(C)CCC(CCCN)CC12. The molecule has 178 valence electrons. The third kappa shape index (κ3) is 4.07. The minimum atomic E-state index is 0.547. The average molecular weight is 429 g/mol. The Kier molecular flexibility index (Phi) is 7.29. The lowest BCUT2D eigenvalue weighted by molar-refractivity contribution is -0.136. The minimum absolute atomic E-state index is 0.547. The third-order valence-electron chi connectivity index (χ3n) is 11.6. The normalized spacial score (nSPS) is 47.8. The molecule has 0 aromatic heterocycles. The van der Waals surface area contributed by atoms with E-state index in [9.17, 15) is 0 Å². The lowest BCUT2D eigenvalue weighted by Gasteiger charge is -2.63. The molecule has 4 aliphatic carbocycles. The first-order chi connectivity index (χ1) is 14.9. The summed E-state index contributed by atoms with van der Waals surface area (Å²) in [5.74, 6) is 7.13. The molecule has 0 spiro atoms. The molecule has 4 N–H and O–H groups in total. The molecule has 0 saturated heterocycles. The van der Waals surface area contributed by atoms with Crippen molar-refractivity contribution in [1.29, 1.82) is 0 Å². The highest BCUT2D eigenvalue weighted by molar-refractivity contribution is 5.12. The van der Waals surface area contributed by atoms with E-state index in [1.165, 1.54) is 77.0 Å². The maximum atomic E-state index is 5.86. The van der Waals surface area contributed by atoms with Crippen molar-refractivity contribution in [2.45, 2.75) is 97.8 Å². The van der Waals surface area contributed by atoms with Crippen LogP contribution in [0.2, 0.25) is 0 Å². The number of hydrogen-bond acceptors (Lipinski definition) is 2. The van der Waals surface area contributed by atoms with Crippen LogP contribution in [0.15, 0.2) is 12.7 Å². The van der Waals surface area contributed by atoms with Gasteiger partial charge in [-0.1, -0.05) is 26.8 Å². The Morgan fingerprint density at radius 1 is 0.903 bits per heavy atom. The molecule has 4 fully saturated rings. The Hall–Kier alpha value is -0.340. The van der Waals surface area contributed by atoms with Gasteiger partial charge in [-0.25, -0.2) is 0 Å². The Morgan fingerprint density at radius 2 is 1.61 bits per heavy atom. The number of allylic oxidation sites excluding steroid dienone is 1. The quantitative estimate of drug-likeness (QED) is 0.418. The first kappa shape index (κ1) is 23.8. The second-order valence-electron chi connectivity index (χ2n) is 12.8. The third-order valence-corrected chi connectivity index (χ3v) is 11.6.